The molecule has 0 atom stereocenters. The lowest BCUT2D eigenvalue weighted by Crippen LogP contribution is -2.25. The van der Waals surface area contributed by atoms with Gasteiger partial charge in [-0.15, -0.1) is 0 Å². The molecule has 1 amide bonds. The maximum atomic E-state index is 11.3. The number of carbonyl (C=O) groups is 1. The second kappa shape index (κ2) is 3.84. The Morgan fingerprint density at radius 2 is 2.12 bits per heavy atom. The van der Waals surface area contributed by atoms with E-state index in [1.165, 1.54) is 19.1 Å². The van der Waals surface area contributed by atoms with Crippen molar-refractivity contribution < 1.29 is 14.3 Å². The van der Waals surface area contributed by atoms with Gasteiger partial charge in [-0.1, -0.05) is 0 Å². The van der Waals surface area contributed by atoms with Crippen LogP contribution in [0.3, 0.4) is 0 Å². The molecule has 2 N–H and O–H groups in total. The Hall–Kier alpha value is -2.05. The van der Waals surface area contributed by atoms with Gasteiger partial charge >= 0.3 is 12.1 Å². The normalized spacial score (nSPS) is 13.5. The van der Waals surface area contributed by atoms with E-state index in [4.69, 9.17) is 10.5 Å². The van der Waals surface area contributed by atoms with Crippen LogP contribution in [0.15, 0.2) is 0 Å². The van der Waals surface area contributed by atoms with Crippen LogP contribution in [0.5, 0.6) is 6.01 Å². The van der Waals surface area contributed by atoms with E-state index in [1.807, 2.05) is 0 Å². The molecule has 1 aromatic heterocycles. The Morgan fingerprint density at radius 1 is 1.38 bits per heavy atom. The molecule has 86 valence electrons. The first-order valence-electron chi connectivity index (χ1n) is 4.68. The monoisotopic (exact) mass is 224 g/mol. The number of fused-ring (bicyclic) bond motifs is 1. The quantitative estimate of drug-likeness (QED) is 0.730. The van der Waals surface area contributed by atoms with Gasteiger partial charge in [0.1, 0.15) is 5.82 Å². The van der Waals surface area contributed by atoms with Crippen molar-refractivity contribution in [2.24, 2.45) is 0 Å². The van der Waals surface area contributed by atoms with Gasteiger partial charge in [0, 0.05) is 5.56 Å². The van der Waals surface area contributed by atoms with Crippen molar-refractivity contribution in [2.75, 3.05) is 20.0 Å². The summed E-state index contributed by atoms with van der Waals surface area (Å²) in [6, 6.07) is 0.211. The minimum absolute atomic E-state index is 0.211. The van der Waals surface area contributed by atoms with Crippen molar-refractivity contribution >= 4 is 11.9 Å². The zero-order chi connectivity index (χ0) is 11.7. The van der Waals surface area contributed by atoms with Crippen LogP contribution in [-0.4, -0.2) is 35.2 Å². The molecule has 0 fully saturated rings. The fourth-order valence-electron chi connectivity index (χ4n) is 1.61. The number of hydrogen-bond donors (Lipinski definition) is 1. The second-order valence-electron chi connectivity index (χ2n) is 3.35. The molecule has 1 aromatic rings. The number of anilines is 1. The standard InChI is InChI=1S/C9H12N4O3/c1-15-8-11-6-4-13(9(14)16-2)3-5(6)7(10)12-8/h3-4H2,1-2H3,(H2,10,11,12). The Morgan fingerprint density at radius 3 is 2.75 bits per heavy atom. The molecule has 7 nitrogen and oxygen atoms in total. The van der Waals surface area contributed by atoms with Crippen molar-refractivity contribution in [3.05, 3.63) is 11.3 Å². The van der Waals surface area contributed by atoms with E-state index in [0.29, 0.717) is 24.6 Å². The number of ether oxygens (including phenoxy) is 2. The molecule has 0 radical (unpaired) electrons. The number of carbonyl (C=O) groups excluding carboxylic acids is 1. The van der Waals surface area contributed by atoms with Crippen molar-refractivity contribution in [2.45, 2.75) is 13.1 Å². The zero-order valence-electron chi connectivity index (χ0n) is 9.06. The van der Waals surface area contributed by atoms with Crippen LogP contribution in [0.4, 0.5) is 10.6 Å². The first kappa shape index (κ1) is 10.5. The summed E-state index contributed by atoms with van der Waals surface area (Å²) in [5.41, 5.74) is 7.20. The lowest BCUT2D eigenvalue weighted by Gasteiger charge is -2.12. The fourth-order valence-corrected chi connectivity index (χ4v) is 1.61. The number of nitrogens with zero attached hydrogens (tertiary/aromatic N) is 3. The summed E-state index contributed by atoms with van der Waals surface area (Å²) in [7, 11) is 2.80. The molecule has 1 aliphatic rings. The number of aromatic nitrogens is 2. The lowest BCUT2D eigenvalue weighted by molar-refractivity contribution is 0.123. The average Bonchev–Trinajstić information content (AvgIpc) is 2.72. The molecule has 0 aliphatic carbocycles. The number of nitrogens with two attached hydrogens (primary N) is 1. The summed E-state index contributed by atoms with van der Waals surface area (Å²) >= 11 is 0. The van der Waals surface area contributed by atoms with Gasteiger partial charge < -0.3 is 15.2 Å². The third-order valence-electron chi connectivity index (χ3n) is 2.41. The molecule has 0 saturated carbocycles. The van der Waals surface area contributed by atoms with Crippen LogP contribution in [0.1, 0.15) is 11.3 Å². The van der Waals surface area contributed by atoms with Crippen molar-refractivity contribution in [1.82, 2.24) is 14.9 Å². The highest BCUT2D eigenvalue weighted by Gasteiger charge is 2.28. The van der Waals surface area contributed by atoms with Crippen LogP contribution in [-0.2, 0) is 17.8 Å². The van der Waals surface area contributed by atoms with E-state index in [2.05, 4.69) is 14.7 Å². The molecule has 2 heterocycles. The maximum Gasteiger partial charge on any atom is 0.410 e. The first-order chi connectivity index (χ1) is 7.65. The number of amides is 1. The molecule has 0 spiro atoms. The lowest BCUT2D eigenvalue weighted by atomic mass is 10.2. The highest BCUT2D eigenvalue weighted by molar-refractivity contribution is 5.69. The van der Waals surface area contributed by atoms with Crippen LogP contribution >= 0.6 is 0 Å². The van der Waals surface area contributed by atoms with Gasteiger partial charge in [-0.2, -0.15) is 9.97 Å². The van der Waals surface area contributed by atoms with E-state index in [1.54, 1.807) is 0 Å². The van der Waals surface area contributed by atoms with Crippen molar-refractivity contribution in [1.29, 1.82) is 0 Å². The zero-order valence-corrected chi connectivity index (χ0v) is 9.06. The number of rotatable bonds is 1. The Bertz CT molecular complexity index is 435. The predicted molar refractivity (Wildman–Crippen MR) is 54.6 cm³/mol. The minimum Gasteiger partial charge on any atom is -0.467 e. The molecule has 0 unspecified atom stereocenters. The van der Waals surface area contributed by atoms with Gasteiger partial charge in [0.05, 0.1) is 33.0 Å². The summed E-state index contributed by atoms with van der Waals surface area (Å²) < 4.78 is 9.53. The Labute approximate surface area is 92.2 Å². The van der Waals surface area contributed by atoms with Gasteiger partial charge in [0.25, 0.3) is 0 Å². The van der Waals surface area contributed by atoms with Crippen LogP contribution in [0.25, 0.3) is 0 Å². The number of nitrogen functional groups attached to an aromatic ring is 1. The molecule has 16 heavy (non-hydrogen) atoms. The summed E-state index contributed by atoms with van der Waals surface area (Å²) in [5.74, 6) is 0.341. The molecule has 0 aromatic carbocycles. The van der Waals surface area contributed by atoms with E-state index in [-0.39, 0.29) is 6.01 Å². The molecular formula is C9H12N4O3. The largest absolute Gasteiger partial charge is 0.467 e. The van der Waals surface area contributed by atoms with E-state index >= 15 is 0 Å². The summed E-state index contributed by atoms with van der Waals surface area (Å²) in [5, 5.41) is 0. The molecule has 7 heteroatoms. The van der Waals surface area contributed by atoms with Crippen LogP contribution in [0, 0.1) is 0 Å². The average molecular weight is 224 g/mol. The van der Waals surface area contributed by atoms with Gasteiger partial charge in [-0.05, 0) is 0 Å². The van der Waals surface area contributed by atoms with E-state index in [0.717, 1.165) is 5.56 Å². The van der Waals surface area contributed by atoms with Gasteiger partial charge in [-0.3, -0.25) is 4.90 Å². The number of hydrogen-bond acceptors (Lipinski definition) is 6. The minimum atomic E-state index is -0.406. The van der Waals surface area contributed by atoms with Crippen LogP contribution < -0.4 is 10.5 Å². The van der Waals surface area contributed by atoms with Gasteiger partial charge in [0.2, 0.25) is 0 Å². The third-order valence-corrected chi connectivity index (χ3v) is 2.41. The van der Waals surface area contributed by atoms with Crippen molar-refractivity contribution in [3.8, 4) is 6.01 Å². The first-order valence-corrected chi connectivity index (χ1v) is 4.68. The topological polar surface area (TPSA) is 90.6 Å². The molecule has 0 bridgehead atoms. The van der Waals surface area contributed by atoms with Crippen LogP contribution in [0.2, 0.25) is 0 Å². The van der Waals surface area contributed by atoms with E-state index < -0.39 is 6.09 Å². The molecule has 0 saturated heterocycles. The highest BCUT2D eigenvalue weighted by atomic mass is 16.5. The van der Waals surface area contributed by atoms with E-state index in [9.17, 15) is 4.79 Å². The Kier molecular flexibility index (Phi) is 2.51. The molecule has 2 rings (SSSR count). The van der Waals surface area contributed by atoms with Gasteiger partial charge in [0.15, 0.2) is 0 Å². The summed E-state index contributed by atoms with van der Waals surface area (Å²) in [6.07, 6.45) is -0.406. The molecule has 1 aliphatic heterocycles. The SMILES string of the molecule is COC(=O)N1Cc2nc(OC)nc(N)c2C1. The summed E-state index contributed by atoms with van der Waals surface area (Å²) in [6.45, 7) is 0.739. The second-order valence-corrected chi connectivity index (χ2v) is 3.35. The third kappa shape index (κ3) is 1.60. The summed E-state index contributed by atoms with van der Waals surface area (Å²) in [4.78, 5) is 20.9. The Balaban J connectivity index is 2.30. The number of methoxy groups -OCH3 is 2. The smallest absolute Gasteiger partial charge is 0.410 e. The maximum absolute atomic E-state index is 11.3. The van der Waals surface area contributed by atoms with Gasteiger partial charge in [-0.25, -0.2) is 4.79 Å². The predicted octanol–water partition coefficient (Wildman–Crippen LogP) is 0.149. The fraction of sp³-hybridized carbons (Fsp3) is 0.444. The van der Waals surface area contributed by atoms with Crippen molar-refractivity contribution in [3.63, 3.8) is 0 Å². The highest BCUT2D eigenvalue weighted by Crippen LogP contribution is 2.26. The molecular weight excluding hydrogens is 212 g/mol.